The first-order valence-electron chi connectivity index (χ1n) is 7.04. The van der Waals surface area contributed by atoms with Crippen LogP contribution < -0.4 is 5.32 Å². The summed E-state index contributed by atoms with van der Waals surface area (Å²) >= 11 is 0. The average Bonchev–Trinajstić information content (AvgIpc) is 2.30. The molecule has 96 valence electrons. The number of hydrogen-bond donors (Lipinski definition) is 1. The molecule has 0 spiro atoms. The lowest BCUT2D eigenvalue weighted by atomic mass is 9.90. The van der Waals surface area contributed by atoms with Gasteiger partial charge in [-0.15, -0.1) is 0 Å². The standard InChI is InChI=1S/C14H30N2/c1-6-13(7-2)10-16-9-12(4)15-11-14(16,5)8-3/h12-13,15H,6-11H2,1-5H3. The van der Waals surface area contributed by atoms with E-state index in [0.29, 0.717) is 11.6 Å². The summed E-state index contributed by atoms with van der Waals surface area (Å²) in [5, 5.41) is 3.62. The highest BCUT2D eigenvalue weighted by Crippen LogP contribution is 2.25. The zero-order valence-corrected chi connectivity index (χ0v) is 11.8. The summed E-state index contributed by atoms with van der Waals surface area (Å²) in [6, 6.07) is 0.647. The monoisotopic (exact) mass is 226 g/mol. The van der Waals surface area contributed by atoms with Gasteiger partial charge in [0.05, 0.1) is 0 Å². The van der Waals surface area contributed by atoms with Crippen molar-refractivity contribution >= 4 is 0 Å². The predicted molar refractivity (Wildman–Crippen MR) is 71.8 cm³/mol. The molecule has 2 unspecified atom stereocenters. The molecule has 0 amide bonds. The van der Waals surface area contributed by atoms with E-state index in [0.717, 1.165) is 12.5 Å². The highest BCUT2D eigenvalue weighted by atomic mass is 15.3. The van der Waals surface area contributed by atoms with Gasteiger partial charge in [0.1, 0.15) is 0 Å². The van der Waals surface area contributed by atoms with E-state index in [4.69, 9.17) is 0 Å². The molecule has 0 aromatic carbocycles. The molecule has 0 aliphatic carbocycles. The molecule has 1 rings (SSSR count). The fourth-order valence-electron chi connectivity index (χ4n) is 2.62. The molecule has 2 heteroatoms. The SMILES string of the molecule is CCC(CC)CN1CC(C)NCC1(C)CC. The van der Waals surface area contributed by atoms with Crippen LogP contribution in [0, 0.1) is 5.92 Å². The van der Waals surface area contributed by atoms with Crippen LogP contribution in [0.4, 0.5) is 0 Å². The van der Waals surface area contributed by atoms with Crippen LogP contribution in [0.2, 0.25) is 0 Å². The molecule has 1 saturated heterocycles. The second-order valence-corrected chi connectivity index (χ2v) is 5.72. The number of rotatable bonds is 5. The second-order valence-electron chi connectivity index (χ2n) is 5.72. The number of hydrogen-bond acceptors (Lipinski definition) is 2. The maximum atomic E-state index is 3.62. The van der Waals surface area contributed by atoms with Crippen LogP contribution in [0.15, 0.2) is 0 Å². The predicted octanol–water partition coefficient (Wildman–Crippen LogP) is 2.89. The lowest BCUT2D eigenvalue weighted by molar-refractivity contribution is 0.0369. The molecular weight excluding hydrogens is 196 g/mol. The van der Waals surface area contributed by atoms with Gasteiger partial charge in [-0.3, -0.25) is 4.90 Å². The third-order valence-electron chi connectivity index (χ3n) is 4.48. The van der Waals surface area contributed by atoms with E-state index >= 15 is 0 Å². The number of nitrogens with zero attached hydrogens (tertiary/aromatic N) is 1. The third kappa shape index (κ3) is 3.21. The highest BCUT2D eigenvalue weighted by Gasteiger charge is 2.35. The van der Waals surface area contributed by atoms with Crippen LogP contribution >= 0.6 is 0 Å². The first-order valence-corrected chi connectivity index (χ1v) is 7.04. The fourth-order valence-corrected chi connectivity index (χ4v) is 2.62. The Morgan fingerprint density at radius 3 is 2.44 bits per heavy atom. The van der Waals surface area contributed by atoms with Gasteiger partial charge in [0.15, 0.2) is 0 Å². The van der Waals surface area contributed by atoms with Gasteiger partial charge in [0, 0.05) is 31.2 Å². The largest absolute Gasteiger partial charge is 0.311 e. The maximum Gasteiger partial charge on any atom is 0.0304 e. The summed E-state index contributed by atoms with van der Waals surface area (Å²) in [5.41, 5.74) is 0.370. The van der Waals surface area contributed by atoms with Crippen LogP contribution in [-0.4, -0.2) is 36.1 Å². The van der Waals surface area contributed by atoms with Crippen LogP contribution in [-0.2, 0) is 0 Å². The van der Waals surface area contributed by atoms with Crippen molar-refractivity contribution in [3.05, 3.63) is 0 Å². The topological polar surface area (TPSA) is 15.3 Å². The Kier molecular flexibility index (Phi) is 5.26. The van der Waals surface area contributed by atoms with E-state index in [2.05, 4.69) is 44.8 Å². The molecule has 0 saturated carbocycles. The Labute approximate surface area is 102 Å². The number of nitrogens with one attached hydrogen (secondary N) is 1. The van der Waals surface area contributed by atoms with Gasteiger partial charge in [0.2, 0.25) is 0 Å². The first-order chi connectivity index (χ1) is 7.55. The average molecular weight is 226 g/mol. The lowest BCUT2D eigenvalue weighted by Gasteiger charge is -2.48. The Morgan fingerprint density at radius 2 is 1.94 bits per heavy atom. The van der Waals surface area contributed by atoms with Gasteiger partial charge < -0.3 is 5.32 Å². The molecule has 1 heterocycles. The molecule has 0 bridgehead atoms. The molecule has 1 fully saturated rings. The fraction of sp³-hybridized carbons (Fsp3) is 1.00. The van der Waals surface area contributed by atoms with E-state index in [1.165, 1.54) is 32.4 Å². The lowest BCUT2D eigenvalue weighted by Crippen LogP contribution is -2.63. The van der Waals surface area contributed by atoms with E-state index in [1.807, 2.05) is 0 Å². The Bertz CT molecular complexity index is 201. The van der Waals surface area contributed by atoms with E-state index < -0.39 is 0 Å². The third-order valence-corrected chi connectivity index (χ3v) is 4.48. The quantitative estimate of drug-likeness (QED) is 0.775. The van der Waals surface area contributed by atoms with E-state index in [1.54, 1.807) is 0 Å². The molecule has 1 aliphatic rings. The van der Waals surface area contributed by atoms with E-state index in [-0.39, 0.29) is 0 Å². The van der Waals surface area contributed by atoms with Crippen molar-refractivity contribution in [3.63, 3.8) is 0 Å². The molecule has 1 aliphatic heterocycles. The molecule has 1 N–H and O–H groups in total. The summed E-state index contributed by atoms with van der Waals surface area (Å²) in [4.78, 5) is 2.73. The van der Waals surface area contributed by atoms with Gasteiger partial charge in [-0.25, -0.2) is 0 Å². The molecule has 2 nitrogen and oxygen atoms in total. The van der Waals surface area contributed by atoms with E-state index in [9.17, 15) is 0 Å². The van der Waals surface area contributed by atoms with Crippen LogP contribution in [0.5, 0.6) is 0 Å². The molecule has 0 radical (unpaired) electrons. The van der Waals surface area contributed by atoms with Crippen molar-refractivity contribution in [2.45, 2.75) is 65.5 Å². The van der Waals surface area contributed by atoms with Gasteiger partial charge >= 0.3 is 0 Å². The normalized spacial score (nSPS) is 32.2. The molecule has 0 aromatic rings. The zero-order valence-electron chi connectivity index (χ0n) is 11.8. The van der Waals surface area contributed by atoms with Crippen molar-refractivity contribution in [3.8, 4) is 0 Å². The zero-order chi connectivity index (χ0) is 12.2. The smallest absolute Gasteiger partial charge is 0.0304 e. The minimum absolute atomic E-state index is 0.370. The minimum Gasteiger partial charge on any atom is -0.311 e. The van der Waals surface area contributed by atoms with Crippen molar-refractivity contribution in [1.29, 1.82) is 0 Å². The van der Waals surface area contributed by atoms with Gasteiger partial charge in [-0.1, -0.05) is 33.6 Å². The molecule has 0 aromatic heterocycles. The highest BCUT2D eigenvalue weighted by molar-refractivity contribution is 4.94. The van der Waals surface area contributed by atoms with Gasteiger partial charge in [0.25, 0.3) is 0 Å². The Morgan fingerprint density at radius 1 is 1.31 bits per heavy atom. The summed E-state index contributed by atoms with van der Waals surface area (Å²) < 4.78 is 0. The molecule has 16 heavy (non-hydrogen) atoms. The summed E-state index contributed by atoms with van der Waals surface area (Å²) in [6.45, 7) is 15.3. The molecular formula is C14H30N2. The van der Waals surface area contributed by atoms with Crippen molar-refractivity contribution in [2.75, 3.05) is 19.6 Å². The number of piperazine rings is 1. The van der Waals surface area contributed by atoms with Crippen molar-refractivity contribution < 1.29 is 0 Å². The van der Waals surface area contributed by atoms with Gasteiger partial charge in [-0.2, -0.15) is 0 Å². The summed E-state index contributed by atoms with van der Waals surface area (Å²) in [7, 11) is 0. The van der Waals surface area contributed by atoms with Gasteiger partial charge in [-0.05, 0) is 26.2 Å². The Balaban J connectivity index is 2.64. The maximum absolute atomic E-state index is 3.62. The summed E-state index contributed by atoms with van der Waals surface area (Å²) in [6.07, 6.45) is 3.87. The second kappa shape index (κ2) is 6.02. The van der Waals surface area contributed by atoms with Crippen LogP contribution in [0.3, 0.4) is 0 Å². The molecule has 2 atom stereocenters. The minimum atomic E-state index is 0.370. The first kappa shape index (κ1) is 14.0. The summed E-state index contributed by atoms with van der Waals surface area (Å²) in [5.74, 6) is 0.871. The van der Waals surface area contributed by atoms with Crippen molar-refractivity contribution in [2.24, 2.45) is 5.92 Å². The Hall–Kier alpha value is -0.0800. The van der Waals surface area contributed by atoms with Crippen molar-refractivity contribution in [1.82, 2.24) is 10.2 Å². The van der Waals surface area contributed by atoms with Crippen LogP contribution in [0.25, 0.3) is 0 Å². The van der Waals surface area contributed by atoms with Crippen LogP contribution in [0.1, 0.15) is 53.9 Å².